The van der Waals surface area contributed by atoms with Gasteiger partial charge in [-0.3, -0.25) is 0 Å². The van der Waals surface area contributed by atoms with Gasteiger partial charge in [0.25, 0.3) is 0 Å². The maximum Gasteiger partial charge on any atom is 0.244 e. The average Bonchev–Trinajstić information content (AvgIpc) is 2.67. The zero-order valence-electron chi connectivity index (χ0n) is 10.7. The number of halogens is 1. The zero-order chi connectivity index (χ0) is 14.8. The standard InChI is InChI=1S/C12H15ClN2O3S2/c13-10-8-9(12(14)19)2-3-11(10)20(16,17)15-4-1-6-18-7-5-15/h2-3,8H,1,4-7H2,(H2,14,19). The molecule has 1 aromatic rings. The Hall–Kier alpha value is -0.730. The molecule has 0 unspecified atom stereocenters. The summed E-state index contributed by atoms with van der Waals surface area (Å²) in [4.78, 5) is 0.250. The average molecular weight is 335 g/mol. The fourth-order valence-electron chi connectivity index (χ4n) is 1.97. The monoisotopic (exact) mass is 334 g/mol. The van der Waals surface area contributed by atoms with Gasteiger partial charge in [-0.2, -0.15) is 4.31 Å². The summed E-state index contributed by atoms with van der Waals surface area (Å²) in [5, 5.41) is 0.125. The van der Waals surface area contributed by atoms with E-state index in [9.17, 15) is 8.42 Å². The molecule has 1 aromatic carbocycles. The fraction of sp³-hybridized carbons (Fsp3) is 0.417. The van der Waals surface area contributed by atoms with Gasteiger partial charge in [-0.1, -0.05) is 29.9 Å². The highest BCUT2D eigenvalue weighted by atomic mass is 35.5. The van der Waals surface area contributed by atoms with Crippen LogP contribution < -0.4 is 5.73 Å². The Balaban J connectivity index is 2.36. The smallest absolute Gasteiger partial charge is 0.244 e. The zero-order valence-corrected chi connectivity index (χ0v) is 13.1. The van der Waals surface area contributed by atoms with Gasteiger partial charge in [0.05, 0.1) is 11.6 Å². The summed E-state index contributed by atoms with van der Waals surface area (Å²) < 4.78 is 31.8. The summed E-state index contributed by atoms with van der Waals surface area (Å²) in [7, 11) is -3.62. The lowest BCUT2D eigenvalue weighted by Gasteiger charge is -2.20. The third-order valence-electron chi connectivity index (χ3n) is 3.02. The fourth-order valence-corrected chi connectivity index (χ4v) is 4.07. The van der Waals surface area contributed by atoms with Gasteiger partial charge in [0.15, 0.2) is 0 Å². The van der Waals surface area contributed by atoms with E-state index in [1.807, 2.05) is 0 Å². The van der Waals surface area contributed by atoms with Gasteiger partial charge < -0.3 is 10.5 Å². The number of nitrogens with zero attached hydrogens (tertiary/aromatic N) is 1. The molecular formula is C12H15ClN2O3S2. The molecule has 8 heteroatoms. The predicted octanol–water partition coefficient (Wildman–Crippen LogP) is 1.39. The Kier molecular flexibility index (Phi) is 4.98. The second kappa shape index (κ2) is 6.36. The molecule has 0 radical (unpaired) electrons. The molecule has 0 amide bonds. The first kappa shape index (κ1) is 15.7. The minimum atomic E-state index is -3.62. The second-order valence-electron chi connectivity index (χ2n) is 4.38. The van der Waals surface area contributed by atoms with Crippen molar-refractivity contribution in [3.05, 3.63) is 28.8 Å². The molecule has 0 saturated carbocycles. The van der Waals surface area contributed by atoms with Crippen molar-refractivity contribution < 1.29 is 13.2 Å². The molecule has 5 nitrogen and oxygen atoms in total. The molecule has 110 valence electrons. The largest absolute Gasteiger partial charge is 0.389 e. The van der Waals surface area contributed by atoms with Gasteiger partial charge >= 0.3 is 0 Å². The van der Waals surface area contributed by atoms with Crippen LogP contribution in [0.4, 0.5) is 0 Å². The van der Waals surface area contributed by atoms with E-state index in [0.29, 0.717) is 38.3 Å². The van der Waals surface area contributed by atoms with Crippen molar-refractivity contribution in [2.24, 2.45) is 5.73 Å². The molecule has 0 aliphatic carbocycles. The molecule has 1 heterocycles. The molecule has 20 heavy (non-hydrogen) atoms. The van der Waals surface area contributed by atoms with Crippen LogP contribution in [-0.2, 0) is 14.8 Å². The molecule has 2 rings (SSSR count). The lowest BCUT2D eigenvalue weighted by molar-refractivity contribution is 0.148. The van der Waals surface area contributed by atoms with E-state index in [1.165, 1.54) is 16.4 Å². The van der Waals surface area contributed by atoms with Crippen molar-refractivity contribution >= 4 is 38.8 Å². The van der Waals surface area contributed by atoms with Crippen LogP contribution in [-0.4, -0.2) is 44.0 Å². The van der Waals surface area contributed by atoms with Gasteiger partial charge in [-0.05, 0) is 18.6 Å². The minimum Gasteiger partial charge on any atom is -0.389 e. The van der Waals surface area contributed by atoms with Gasteiger partial charge in [-0.25, -0.2) is 8.42 Å². The van der Waals surface area contributed by atoms with Crippen molar-refractivity contribution in [3.63, 3.8) is 0 Å². The SMILES string of the molecule is NC(=S)c1ccc(S(=O)(=O)N2CCCOCC2)c(Cl)c1. The van der Waals surface area contributed by atoms with Crippen LogP contribution in [0.25, 0.3) is 0 Å². The quantitative estimate of drug-likeness (QED) is 0.846. The Bertz CT molecular complexity index is 611. The van der Waals surface area contributed by atoms with Gasteiger partial charge in [0.1, 0.15) is 9.88 Å². The number of hydrogen-bond donors (Lipinski definition) is 1. The topological polar surface area (TPSA) is 72.6 Å². The summed E-state index contributed by atoms with van der Waals surface area (Å²) in [5.41, 5.74) is 6.05. The number of rotatable bonds is 3. The van der Waals surface area contributed by atoms with Gasteiger partial charge in [0, 0.05) is 25.3 Å². The second-order valence-corrected chi connectivity index (χ2v) is 7.13. The number of nitrogens with two attached hydrogens (primary N) is 1. The first-order valence-corrected chi connectivity index (χ1v) is 8.33. The summed E-state index contributed by atoms with van der Waals surface area (Å²) in [5.74, 6) is 0. The van der Waals surface area contributed by atoms with E-state index in [-0.39, 0.29) is 14.9 Å². The van der Waals surface area contributed by atoms with Crippen LogP contribution in [0.3, 0.4) is 0 Å². The third-order valence-corrected chi connectivity index (χ3v) is 5.63. The summed E-state index contributed by atoms with van der Waals surface area (Å²) in [6.45, 7) is 1.72. The highest BCUT2D eigenvalue weighted by molar-refractivity contribution is 7.89. The highest BCUT2D eigenvalue weighted by Crippen LogP contribution is 2.26. The lowest BCUT2D eigenvalue weighted by atomic mass is 10.2. The first-order valence-electron chi connectivity index (χ1n) is 6.10. The minimum absolute atomic E-state index is 0.0704. The summed E-state index contributed by atoms with van der Waals surface area (Å²) in [6, 6.07) is 4.48. The molecule has 1 aliphatic heterocycles. The summed E-state index contributed by atoms with van der Waals surface area (Å²) in [6.07, 6.45) is 0.668. The van der Waals surface area contributed by atoms with Crippen LogP contribution in [0, 0.1) is 0 Å². The highest BCUT2D eigenvalue weighted by Gasteiger charge is 2.27. The predicted molar refractivity (Wildman–Crippen MR) is 81.5 cm³/mol. The molecular weight excluding hydrogens is 320 g/mol. The molecule has 0 atom stereocenters. The summed E-state index contributed by atoms with van der Waals surface area (Å²) >= 11 is 10.9. The van der Waals surface area contributed by atoms with Crippen molar-refractivity contribution in [2.45, 2.75) is 11.3 Å². The molecule has 1 aliphatic rings. The molecule has 0 aromatic heterocycles. The Labute approximate surface area is 128 Å². The van der Waals surface area contributed by atoms with E-state index in [0.717, 1.165) is 0 Å². The number of ether oxygens (including phenoxy) is 1. The maximum atomic E-state index is 12.6. The van der Waals surface area contributed by atoms with Gasteiger partial charge in [0.2, 0.25) is 10.0 Å². The lowest BCUT2D eigenvalue weighted by Crippen LogP contribution is -2.33. The normalized spacial score (nSPS) is 17.6. The number of benzene rings is 1. The number of thiocarbonyl (C=S) groups is 1. The molecule has 1 fully saturated rings. The Morgan fingerprint density at radius 2 is 2.10 bits per heavy atom. The van der Waals surface area contributed by atoms with E-state index >= 15 is 0 Å². The Morgan fingerprint density at radius 3 is 2.75 bits per heavy atom. The van der Waals surface area contributed by atoms with E-state index in [2.05, 4.69) is 0 Å². The van der Waals surface area contributed by atoms with Crippen LogP contribution in [0.2, 0.25) is 5.02 Å². The van der Waals surface area contributed by atoms with Crippen molar-refractivity contribution in [1.82, 2.24) is 4.31 Å². The third kappa shape index (κ3) is 3.29. The van der Waals surface area contributed by atoms with Crippen LogP contribution in [0.15, 0.2) is 23.1 Å². The molecule has 1 saturated heterocycles. The van der Waals surface area contributed by atoms with Crippen LogP contribution in [0.1, 0.15) is 12.0 Å². The van der Waals surface area contributed by atoms with Crippen LogP contribution >= 0.6 is 23.8 Å². The van der Waals surface area contributed by atoms with Crippen molar-refractivity contribution in [3.8, 4) is 0 Å². The molecule has 0 spiro atoms. The van der Waals surface area contributed by atoms with Crippen molar-refractivity contribution in [1.29, 1.82) is 0 Å². The van der Waals surface area contributed by atoms with E-state index < -0.39 is 10.0 Å². The first-order chi connectivity index (χ1) is 9.43. The molecule has 0 bridgehead atoms. The Morgan fingerprint density at radius 1 is 1.35 bits per heavy atom. The maximum absolute atomic E-state index is 12.6. The van der Waals surface area contributed by atoms with E-state index in [4.69, 9.17) is 34.3 Å². The number of sulfonamides is 1. The number of hydrogen-bond acceptors (Lipinski definition) is 4. The molecule has 2 N–H and O–H groups in total. The van der Waals surface area contributed by atoms with Crippen LogP contribution in [0.5, 0.6) is 0 Å². The van der Waals surface area contributed by atoms with Gasteiger partial charge in [-0.15, -0.1) is 0 Å². The van der Waals surface area contributed by atoms with E-state index in [1.54, 1.807) is 6.07 Å². The van der Waals surface area contributed by atoms with Crippen molar-refractivity contribution in [2.75, 3.05) is 26.3 Å².